The predicted molar refractivity (Wildman–Crippen MR) is 40.9 cm³/mol. The van der Waals surface area contributed by atoms with Crippen LogP contribution in [0.1, 0.15) is 12.8 Å². The Kier molecular flexibility index (Phi) is 2.92. The summed E-state index contributed by atoms with van der Waals surface area (Å²) < 4.78 is 0. The second kappa shape index (κ2) is 3.53. The van der Waals surface area contributed by atoms with Crippen molar-refractivity contribution in [3.63, 3.8) is 0 Å². The topological polar surface area (TPSA) is 58.3 Å². The molecule has 0 amide bonds. The van der Waals surface area contributed by atoms with Crippen molar-refractivity contribution in [2.45, 2.75) is 30.5 Å². The molecule has 0 bridgehead atoms. The van der Waals surface area contributed by atoms with E-state index in [1.54, 1.807) is 0 Å². The van der Waals surface area contributed by atoms with Crippen molar-refractivity contribution in [2.75, 3.05) is 6.54 Å². The van der Waals surface area contributed by atoms with E-state index in [0.717, 1.165) is 19.4 Å². The minimum Gasteiger partial charge on any atom is -0.377 e. The van der Waals surface area contributed by atoms with Crippen molar-refractivity contribution in [3.05, 3.63) is 0 Å². The van der Waals surface area contributed by atoms with Crippen LogP contribution < -0.4 is 11.1 Å². The lowest BCUT2D eigenvalue weighted by molar-refractivity contribution is 0.120. The molecular weight excluding hydrogens is 152 g/mol. The fourth-order valence-electron chi connectivity index (χ4n) is 1.16. The summed E-state index contributed by atoms with van der Waals surface area (Å²) in [5.41, 5.74) is 5.26. The molecule has 4 heteroatoms. The predicted octanol–water partition coefficient (Wildman–Crippen LogP) is -0.377. The summed E-state index contributed by atoms with van der Waals surface area (Å²) in [6, 6.07) is -0.0174. The van der Waals surface area contributed by atoms with Gasteiger partial charge in [0.25, 0.3) is 0 Å². The first-order chi connectivity index (χ1) is 4.70. The minimum absolute atomic E-state index is 0.0174. The van der Waals surface area contributed by atoms with Gasteiger partial charge in [0.15, 0.2) is 0 Å². The van der Waals surface area contributed by atoms with Gasteiger partial charge >= 0.3 is 0 Å². The smallest absolute Gasteiger partial charge is 0.117 e. The van der Waals surface area contributed by atoms with Crippen molar-refractivity contribution >= 4 is 11.6 Å². The molecule has 3 atom stereocenters. The molecule has 10 heavy (non-hydrogen) atoms. The molecular formula is C6H13ClN2O. The van der Waals surface area contributed by atoms with Gasteiger partial charge < -0.3 is 16.2 Å². The lowest BCUT2D eigenvalue weighted by atomic mass is 10.0. The molecule has 0 saturated carbocycles. The number of aliphatic hydroxyl groups is 1. The highest BCUT2D eigenvalue weighted by molar-refractivity contribution is 6.20. The van der Waals surface area contributed by atoms with E-state index in [4.69, 9.17) is 22.4 Å². The molecule has 1 saturated heterocycles. The molecule has 1 aliphatic rings. The third-order valence-electron chi connectivity index (χ3n) is 1.79. The fourth-order valence-corrected chi connectivity index (χ4v) is 1.46. The Hall–Kier alpha value is 0.170. The summed E-state index contributed by atoms with van der Waals surface area (Å²) in [5, 5.41) is 12.2. The van der Waals surface area contributed by atoms with Crippen molar-refractivity contribution in [2.24, 2.45) is 5.73 Å². The van der Waals surface area contributed by atoms with Gasteiger partial charge in [-0.3, -0.25) is 0 Å². The first kappa shape index (κ1) is 8.27. The second-order valence-corrected chi connectivity index (χ2v) is 3.29. The standard InChI is InChI=1S/C6H13ClN2O/c7-4-1-2-9-5(3-4)6(8)10/h4-6,9-10H,1-3,8H2. The Labute approximate surface area is 65.5 Å². The molecule has 0 aromatic rings. The third-order valence-corrected chi connectivity index (χ3v) is 2.18. The van der Waals surface area contributed by atoms with Gasteiger partial charge in [0.05, 0.1) is 0 Å². The number of aliphatic hydroxyl groups excluding tert-OH is 1. The van der Waals surface area contributed by atoms with Gasteiger partial charge in [-0.2, -0.15) is 0 Å². The minimum atomic E-state index is -0.776. The average Bonchev–Trinajstić information content (AvgIpc) is 1.88. The summed E-state index contributed by atoms with van der Waals surface area (Å²) in [4.78, 5) is 0. The van der Waals surface area contributed by atoms with Crippen LogP contribution in [0.5, 0.6) is 0 Å². The molecule has 0 radical (unpaired) electrons. The van der Waals surface area contributed by atoms with Crippen molar-refractivity contribution in [3.8, 4) is 0 Å². The number of hydrogen-bond donors (Lipinski definition) is 3. The maximum Gasteiger partial charge on any atom is 0.117 e. The zero-order chi connectivity index (χ0) is 7.56. The molecule has 0 aromatic carbocycles. The first-order valence-corrected chi connectivity index (χ1v) is 3.95. The van der Waals surface area contributed by atoms with E-state index in [0.29, 0.717) is 0 Å². The van der Waals surface area contributed by atoms with Gasteiger partial charge in [-0.1, -0.05) is 0 Å². The molecule has 4 N–H and O–H groups in total. The number of alkyl halides is 1. The summed E-state index contributed by atoms with van der Waals surface area (Å²) in [6.45, 7) is 0.854. The SMILES string of the molecule is NC(O)C1CC(Cl)CCN1. The maximum atomic E-state index is 8.95. The first-order valence-electron chi connectivity index (χ1n) is 3.51. The van der Waals surface area contributed by atoms with Gasteiger partial charge in [-0.05, 0) is 19.4 Å². The second-order valence-electron chi connectivity index (χ2n) is 2.67. The van der Waals surface area contributed by atoms with Crippen LogP contribution in [0, 0.1) is 0 Å². The largest absolute Gasteiger partial charge is 0.377 e. The van der Waals surface area contributed by atoms with Gasteiger partial charge in [0.2, 0.25) is 0 Å². The summed E-state index contributed by atoms with van der Waals surface area (Å²) in [5.74, 6) is 0. The molecule has 0 aromatic heterocycles. The van der Waals surface area contributed by atoms with Crippen LogP contribution in [-0.2, 0) is 0 Å². The number of piperidine rings is 1. The zero-order valence-corrected chi connectivity index (χ0v) is 6.51. The van der Waals surface area contributed by atoms with Crippen LogP contribution in [0.3, 0.4) is 0 Å². The third kappa shape index (κ3) is 2.09. The number of nitrogens with two attached hydrogens (primary N) is 1. The van der Waals surface area contributed by atoms with Crippen LogP contribution in [0.15, 0.2) is 0 Å². The maximum absolute atomic E-state index is 8.95. The van der Waals surface area contributed by atoms with E-state index in [1.165, 1.54) is 0 Å². The lowest BCUT2D eigenvalue weighted by Crippen LogP contribution is -2.49. The van der Waals surface area contributed by atoms with E-state index in [-0.39, 0.29) is 11.4 Å². The van der Waals surface area contributed by atoms with Crippen LogP contribution in [-0.4, -0.2) is 29.3 Å². The van der Waals surface area contributed by atoms with Gasteiger partial charge in [0.1, 0.15) is 6.23 Å². The molecule has 3 unspecified atom stereocenters. The quantitative estimate of drug-likeness (QED) is 0.366. The summed E-state index contributed by atoms with van der Waals surface area (Å²) in [7, 11) is 0. The highest BCUT2D eigenvalue weighted by Gasteiger charge is 2.22. The number of nitrogens with one attached hydrogen (secondary N) is 1. The number of hydrogen-bond acceptors (Lipinski definition) is 3. The molecule has 1 heterocycles. The Morgan fingerprint density at radius 1 is 1.70 bits per heavy atom. The molecule has 1 aliphatic heterocycles. The van der Waals surface area contributed by atoms with E-state index in [1.807, 2.05) is 0 Å². The number of rotatable bonds is 1. The zero-order valence-electron chi connectivity index (χ0n) is 5.76. The highest BCUT2D eigenvalue weighted by atomic mass is 35.5. The number of halogens is 1. The highest BCUT2D eigenvalue weighted by Crippen LogP contribution is 2.14. The Balaban J connectivity index is 2.32. The van der Waals surface area contributed by atoms with Crippen LogP contribution in [0.2, 0.25) is 0 Å². The van der Waals surface area contributed by atoms with Crippen molar-refractivity contribution in [1.82, 2.24) is 5.32 Å². The van der Waals surface area contributed by atoms with E-state index in [2.05, 4.69) is 5.32 Å². The summed E-state index contributed by atoms with van der Waals surface area (Å²) in [6.07, 6.45) is 0.950. The molecule has 0 spiro atoms. The van der Waals surface area contributed by atoms with Crippen LogP contribution in [0.4, 0.5) is 0 Å². The van der Waals surface area contributed by atoms with Gasteiger partial charge in [-0.25, -0.2) is 0 Å². The monoisotopic (exact) mass is 164 g/mol. The summed E-state index contributed by atoms with van der Waals surface area (Å²) >= 11 is 5.85. The van der Waals surface area contributed by atoms with Crippen molar-refractivity contribution < 1.29 is 5.11 Å². The van der Waals surface area contributed by atoms with Crippen LogP contribution in [0.25, 0.3) is 0 Å². The molecule has 0 aliphatic carbocycles. The molecule has 1 fully saturated rings. The Bertz CT molecular complexity index is 110. The van der Waals surface area contributed by atoms with E-state index in [9.17, 15) is 0 Å². The van der Waals surface area contributed by atoms with Crippen molar-refractivity contribution in [1.29, 1.82) is 0 Å². The molecule has 60 valence electrons. The normalized spacial score (nSPS) is 37.5. The molecule has 1 rings (SSSR count). The van der Waals surface area contributed by atoms with E-state index >= 15 is 0 Å². The average molecular weight is 165 g/mol. The molecule has 3 nitrogen and oxygen atoms in total. The van der Waals surface area contributed by atoms with Gasteiger partial charge in [0, 0.05) is 11.4 Å². The Morgan fingerprint density at radius 3 is 2.80 bits per heavy atom. The van der Waals surface area contributed by atoms with Crippen LogP contribution >= 0.6 is 11.6 Å². The lowest BCUT2D eigenvalue weighted by Gasteiger charge is -2.28. The fraction of sp³-hybridized carbons (Fsp3) is 1.00. The Morgan fingerprint density at radius 2 is 2.40 bits per heavy atom. The van der Waals surface area contributed by atoms with Gasteiger partial charge in [-0.15, -0.1) is 11.6 Å². The van der Waals surface area contributed by atoms with E-state index < -0.39 is 6.23 Å².